The van der Waals surface area contributed by atoms with E-state index in [1.165, 1.54) is 0 Å². The Bertz CT molecular complexity index is 578. The van der Waals surface area contributed by atoms with Gasteiger partial charge in [0.05, 0.1) is 26.4 Å². The Morgan fingerprint density at radius 3 is 2.14 bits per heavy atom. The molecule has 0 aromatic carbocycles. The number of carbonyl (C=O) groups excluding carboxylic acids is 1. The molecule has 28 heavy (non-hydrogen) atoms. The first-order valence-corrected chi connectivity index (χ1v) is 11.2. The fourth-order valence-corrected chi connectivity index (χ4v) is 6.62. The van der Waals surface area contributed by atoms with Gasteiger partial charge in [-0.2, -0.15) is 0 Å². The molecule has 2 heterocycles. The molecule has 1 amide bonds. The van der Waals surface area contributed by atoms with Gasteiger partial charge in [0.15, 0.2) is 11.6 Å². The third-order valence-electron chi connectivity index (χ3n) is 8.43. The van der Waals surface area contributed by atoms with Crippen LogP contribution < -0.4 is 5.73 Å². The molecule has 2 saturated carbocycles. The summed E-state index contributed by atoms with van der Waals surface area (Å²) in [7, 11) is 0. The van der Waals surface area contributed by atoms with Gasteiger partial charge in [-0.1, -0.05) is 13.8 Å². The maximum atomic E-state index is 11.6. The lowest BCUT2D eigenvalue weighted by Crippen LogP contribution is -2.55. The highest BCUT2D eigenvalue weighted by atomic mass is 16.7. The van der Waals surface area contributed by atoms with E-state index >= 15 is 0 Å². The Labute approximate surface area is 168 Å². The minimum absolute atomic E-state index is 0.0517. The second-order valence-corrected chi connectivity index (χ2v) is 9.83. The Morgan fingerprint density at radius 1 is 0.893 bits per heavy atom. The standard InChI is InChI=1S/C22H37NO5/c1-19(8-4-10-21(19)25-13-14-26-21)11-6-17-5-3-9-22(27-15-16-28-22)20(17,2)12-7-18(23)24/h17H,3-16H2,1-2H3,(H2,23,24). The molecule has 160 valence electrons. The maximum absolute atomic E-state index is 11.6. The highest BCUT2D eigenvalue weighted by Crippen LogP contribution is 2.59. The van der Waals surface area contributed by atoms with Crippen molar-refractivity contribution in [1.29, 1.82) is 0 Å². The van der Waals surface area contributed by atoms with Crippen LogP contribution in [0.4, 0.5) is 0 Å². The lowest BCUT2D eigenvalue weighted by molar-refractivity contribution is -0.273. The van der Waals surface area contributed by atoms with Crippen molar-refractivity contribution in [2.24, 2.45) is 22.5 Å². The summed E-state index contributed by atoms with van der Waals surface area (Å²) in [4.78, 5) is 11.6. The summed E-state index contributed by atoms with van der Waals surface area (Å²) in [5.41, 5.74) is 5.37. The molecule has 2 N–H and O–H groups in total. The van der Waals surface area contributed by atoms with Crippen LogP contribution in [0.5, 0.6) is 0 Å². The van der Waals surface area contributed by atoms with E-state index in [1.807, 2.05) is 0 Å². The van der Waals surface area contributed by atoms with Gasteiger partial charge in [0.1, 0.15) is 0 Å². The Morgan fingerprint density at radius 2 is 1.50 bits per heavy atom. The van der Waals surface area contributed by atoms with E-state index in [0.29, 0.717) is 38.8 Å². The van der Waals surface area contributed by atoms with Gasteiger partial charge in [-0.25, -0.2) is 0 Å². The van der Waals surface area contributed by atoms with E-state index < -0.39 is 5.79 Å². The van der Waals surface area contributed by atoms with Crippen LogP contribution >= 0.6 is 0 Å². The van der Waals surface area contributed by atoms with Crippen LogP contribution in [0.15, 0.2) is 0 Å². The summed E-state index contributed by atoms with van der Waals surface area (Å²) in [5, 5.41) is 0. The topological polar surface area (TPSA) is 80.0 Å². The molecular weight excluding hydrogens is 358 g/mol. The first-order chi connectivity index (χ1) is 13.4. The van der Waals surface area contributed by atoms with Gasteiger partial charge >= 0.3 is 0 Å². The zero-order valence-electron chi connectivity index (χ0n) is 17.6. The van der Waals surface area contributed by atoms with Crippen molar-refractivity contribution in [2.75, 3.05) is 26.4 Å². The molecule has 4 rings (SSSR count). The van der Waals surface area contributed by atoms with Crippen molar-refractivity contribution in [1.82, 2.24) is 0 Å². The lowest BCUT2D eigenvalue weighted by Gasteiger charge is -2.53. The monoisotopic (exact) mass is 395 g/mol. The van der Waals surface area contributed by atoms with Gasteiger partial charge in [0.2, 0.25) is 5.91 Å². The molecule has 0 aromatic rings. The third-order valence-corrected chi connectivity index (χ3v) is 8.43. The van der Waals surface area contributed by atoms with Crippen LogP contribution in [0.1, 0.15) is 78.1 Å². The van der Waals surface area contributed by atoms with Crippen LogP contribution in [0.2, 0.25) is 0 Å². The number of carbonyl (C=O) groups is 1. The molecule has 0 aromatic heterocycles. The highest BCUT2D eigenvalue weighted by Gasteiger charge is 2.60. The molecule has 0 bridgehead atoms. The molecule has 2 saturated heterocycles. The Balaban J connectivity index is 1.52. The predicted octanol–water partition coefficient (Wildman–Crippen LogP) is 3.51. The highest BCUT2D eigenvalue weighted by molar-refractivity contribution is 5.73. The zero-order valence-corrected chi connectivity index (χ0v) is 17.6. The number of hydrogen-bond donors (Lipinski definition) is 1. The number of rotatable bonds is 6. The largest absolute Gasteiger partial charge is 0.370 e. The molecule has 2 spiro atoms. The molecule has 0 radical (unpaired) electrons. The van der Waals surface area contributed by atoms with Gasteiger partial charge in [-0.15, -0.1) is 0 Å². The predicted molar refractivity (Wildman–Crippen MR) is 104 cm³/mol. The first-order valence-electron chi connectivity index (χ1n) is 11.2. The lowest BCUT2D eigenvalue weighted by atomic mass is 9.59. The molecule has 4 fully saturated rings. The summed E-state index contributed by atoms with van der Waals surface area (Å²) >= 11 is 0. The van der Waals surface area contributed by atoms with Crippen LogP contribution in [-0.4, -0.2) is 43.9 Å². The van der Waals surface area contributed by atoms with E-state index in [-0.39, 0.29) is 22.5 Å². The van der Waals surface area contributed by atoms with Crippen molar-refractivity contribution in [3.05, 3.63) is 0 Å². The summed E-state index contributed by atoms with van der Waals surface area (Å²) in [6.07, 6.45) is 9.73. The molecular formula is C22H37NO5. The molecule has 3 atom stereocenters. The summed E-state index contributed by atoms with van der Waals surface area (Å²) in [6, 6.07) is 0. The van der Waals surface area contributed by atoms with Crippen LogP contribution in [0, 0.1) is 16.7 Å². The van der Waals surface area contributed by atoms with Gasteiger partial charge in [0, 0.05) is 30.1 Å². The van der Waals surface area contributed by atoms with Crippen molar-refractivity contribution in [3.8, 4) is 0 Å². The van der Waals surface area contributed by atoms with E-state index in [9.17, 15) is 4.79 Å². The second kappa shape index (κ2) is 7.53. The molecule has 2 aliphatic heterocycles. The van der Waals surface area contributed by atoms with Crippen LogP contribution in [0.3, 0.4) is 0 Å². The molecule has 2 aliphatic carbocycles. The fraction of sp³-hybridized carbons (Fsp3) is 0.955. The number of amides is 1. The van der Waals surface area contributed by atoms with E-state index in [2.05, 4.69) is 13.8 Å². The van der Waals surface area contributed by atoms with Gasteiger partial charge in [-0.3, -0.25) is 4.79 Å². The van der Waals surface area contributed by atoms with Crippen molar-refractivity contribution in [2.45, 2.75) is 89.6 Å². The van der Waals surface area contributed by atoms with E-state index in [4.69, 9.17) is 24.7 Å². The maximum Gasteiger partial charge on any atom is 0.217 e. The molecule has 6 nitrogen and oxygen atoms in total. The number of hydrogen-bond acceptors (Lipinski definition) is 5. The van der Waals surface area contributed by atoms with E-state index in [1.54, 1.807) is 0 Å². The van der Waals surface area contributed by atoms with Crippen LogP contribution in [-0.2, 0) is 23.7 Å². The second-order valence-electron chi connectivity index (χ2n) is 9.83. The van der Waals surface area contributed by atoms with Crippen molar-refractivity contribution < 1.29 is 23.7 Å². The minimum atomic E-state index is -0.556. The quantitative estimate of drug-likeness (QED) is 0.744. The molecule has 6 heteroatoms. The first kappa shape index (κ1) is 20.6. The van der Waals surface area contributed by atoms with Crippen LogP contribution in [0.25, 0.3) is 0 Å². The number of primary amides is 1. The normalized spacial score (nSPS) is 39.1. The average Bonchev–Trinajstić information content (AvgIpc) is 3.39. The molecule has 4 aliphatic rings. The average molecular weight is 396 g/mol. The Hall–Kier alpha value is -0.690. The summed E-state index contributed by atoms with van der Waals surface area (Å²) in [6.45, 7) is 7.30. The smallest absolute Gasteiger partial charge is 0.217 e. The SMILES string of the molecule is CC1(CCC2CCCC3(OCCO3)C2(C)CCC(N)=O)CCCC12OCCO2. The zero-order chi connectivity index (χ0) is 19.9. The summed E-state index contributed by atoms with van der Waals surface area (Å²) < 4.78 is 24.7. The number of ether oxygens (including phenoxy) is 4. The van der Waals surface area contributed by atoms with Gasteiger partial charge < -0.3 is 24.7 Å². The summed E-state index contributed by atoms with van der Waals surface area (Å²) in [5.74, 6) is -0.744. The third kappa shape index (κ3) is 3.21. The number of nitrogens with two attached hydrogens (primary N) is 1. The molecule has 3 unspecified atom stereocenters. The Kier molecular flexibility index (Phi) is 5.53. The van der Waals surface area contributed by atoms with Gasteiger partial charge in [-0.05, 0) is 50.9 Å². The fourth-order valence-electron chi connectivity index (χ4n) is 6.62. The van der Waals surface area contributed by atoms with E-state index in [0.717, 1.165) is 57.8 Å². The van der Waals surface area contributed by atoms with Gasteiger partial charge in [0.25, 0.3) is 0 Å². The van der Waals surface area contributed by atoms with Crippen molar-refractivity contribution >= 4 is 5.91 Å². The van der Waals surface area contributed by atoms with Crippen molar-refractivity contribution in [3.63, 3.8) is 0 Å². The minimum Gasteiger partial charge on any atom is -0.370 e.